The molecule has 104 valence electrons. The number of nitrogens with zero attached hydrogens (tertiary/aromatic N) is 1. The van der Waals surface area contributed by atoms with Crippen molar-refractivity contribution in [1.29, 1.82) is 0 Å². The molecule has 0 atom stereocenters. The fourth-order valence-electron chi connectivity index (χ4n) is 2.63. The summed E-state index contributed by atoms with van der Waals surface area (Å²) in [5.41, 5.74) is 5.30. The summed E-state index contributed by atoms with van der Waals surface area (Å²) in [4.78, 5) is 12.2. The van der Waals surface area contributed by atoms with Crippen molar-refractivity contribution in [2.75, 3.05) is 0 Å². The quantitative estimate of drug-likeness (QED) is 0.692. The second-order valence-electron chi connectivity index (χ2n) is 5.15. The molecule has 0 radical (unpaired) electrons. The van der Waals surface area contributed by atoms with Gasteiger partial charge >= 0.3 is 0 Å². The fourth-order valence-corrected chi connectivity index (χ4v) is 2.63. The molecule has 0 aliphatic carbocycles. The largest absolute Gasteiger partial charge is 0.315 e. The minimum Gasteiger partial charge on any atom is -0.315 e. The van der Waals surface area contributed by atoms with E-state index in [4.69, 9.17) is 0 Å². The van der Waals surface area contributed by atoms with Gasteiger partial charge in [-0.25, -0.2) is 0 Å². The summed E-state index contributed by atoms with van der Waals surface area (Å²) in [7, 11) is 1.82. The number of hydrogen-bond donors (Lipinski definition) is 0. The first-order chi connectivity index (χ1) is 10.2. The fraction of sp³-hybridized carbons (Fsp3) is 0.105. The zero-order valence-corrected chi connectivity index (χ0v) is 12.2. The van der Waals surface area contributed by atoms with Crippen molar-refractivity contribution < 1.29 is 0 Å². The number of aromatic nitrogens is 1. The standard InChI is InChI=1S/C19H17NO/c1-14-19(16-11-7-4-8-12-16)17(13-18(21)20(14)2)15-9-5-3-6-10-15/h3-13H,1-2H3. The van der Waals surface area contributed by atoms with E-state index < -0.39 is 0 Å². The van der Waals surface area contributed by atoms with Crippen molar-refractivity contribution in [2.24, 2.45) is 7.05 Å². The molecule has 2 heteroatoms. The molecule has 0 aliphatic rings. The Kier molecular flexibility index (Phi) is 3.44. The lowest BCUT2D eigenvalue weighted by Gasteiger charge is -2.16. The maximum absolute atomic E-state index is 12.2. The third kappa shape index (κ3) is 2.40. The van der Waals surface area contributed by atoms with Gasteiger partial charge in [0.15, 0.2) is 0 Å². The molecule has 2 aromatic carbocycles. The minimum absolute atomic E-state index is 0.0195. The molecule has 0 saturated carbocycles. The van der Waals surface area contributed by atoms with Gasteiger partial charge in [0.2, 0.25) is 0 Å². The van der Waals surface area contributed by atoms with E-state index in [1.165, 1.54) is 0 Å². The van der Waals surface area contributed by atoms with Crippen LogP contribution in [-0.2, 0) is 7.05 Å². The van der Waals surface area contributed by atoms with Crippen LogP contribution in [0.3, 0.4) is 0 Å². The maximum atomic E-state index is 12.2. The SMILES string of the molecule is Cc1c(-c2ccccc2)c(-c2ccccc2)cc(=O)n1C. The molecular weight excluding hydrogens is 258 g/mol. The highest BCUT2D eigenvalue weighted by atomic mass is 16.1. The van der Waals surface area contributed by atoms with Crippen LogP contribution in [0.1, 0.15) is 5.69 Å². The van der Waals surface area contributed by atoms with Gasteiger partial charge in [-0.15, -0.1) is 0 Å². The zero-order valence-electron chi connectivity index (χ0n) is 12.2. The molecule has 1 heterocycles. The van der Waals surface area contributed by atoms with Crippen molar-refractivity contribution in [1.82, 2.24) is 4.57 Å². The Morgan fingerprint density at radius 3 is 1.90 bits per heavy atom. The first kappa shape index (κ1) is 13.4. The van der Waals surface area contributed by atoms with Crippen LogP contribution >= 0.6 is 0 Å². The van der Waals surface area contributed by atoms with Gasteiger partial charge in [-0.1, -0.05) is 60.7 Å². The van der Waals surface area contributed by atoms with E-state index in [1.54, 1.807) is 10.6 Å². The Balaban J connectivity index is 2.37. The van der Waals surface area contributed by atoms with Gasteiger partial charge < -0.3 is 4.57 Å². The number of rotatable bonds is 2. The average molecular weight is 275 g/mol. The van der Waals surface area contributed by atoms with Crippen molar-refractivity contribution in [3.05, 3.63) is 82.8 Å². The molecule has 0 bridgehead atoms. The summed E-state index contributed by atoms with van der Waals surface area (Å²) in [6.45, 7) is 2.00. The third-order valence-electron chi connectivity index (χ3n) is 3.88. The van der Waals surface area contributed by atoms with Crippen LogP contribution in [-0.4, -0.2) is 4.57 Å². The smallest absolute Gasteiger partial charge is 0.251 e. The monoisotopic (exact) mass is 275 g/mol. The van der Waals surface area contributed by atoms with E-state index in [9.17, 15) is 4.79 Å². The van der Waals surface area contributed by atoms with Crippen molar-refractivity contribution in [3.8, 4) is 22.3 Å². The van der Waals surface area contributed by atoms with Crippen LogP contribution in [0.15, 0.2) is 71.5 Å². The second kappa shape index (κ2) is 5.41. The highest BCUT2D eigenvalue weighted by Crippen LogP contribution is 2.33. The van der Waals surface area contributed by atoms with Crippen molar-refractivity contribution >= 4 is 0 Å². The summed E-state index contributed by atoms with van der Waals surface area (Å²) in [6.07, 6.45) is 0. The van der Waals surface area contributed by atoms with E-state index in [0.29, 0.717) is 0 Å². The first-order valence-corrected chi connectivity index (χ1v) is 7.00. The van der Waals surface area contributed by atoms with E-state index in [1.807, 2.05) is 62.5 Å². The van der Waals surface area contributed by atoms with Gasteiger partial charge in [-0.2, -0.15) is 0 Å². The molecule has 1 aromatic heterocycles. The summed E-state index contributed by atoms with van der Waals surface area (Å²) >= 11 is 0. The Labute approximate surface area is 124 Å². The van der Waals surface area contributed by atoms with Crippen LogP contribution < -0.4 is 5.56 Å². The Bertz CT molecular complexity index is 817. The molecule has 0 fully saturated rings. The van der Waals surface area contributed by atoms with Crippen molar-refractivity contribution in [3.63, 3.8) is 0 Å². The van der Waals surface area contributed by atoms with Gasteiger partial charge in [-0.05, 0) is 23.6 Å². The molecule has 0 saturated heterocycles. The number of hydrogen-bond acceptors (Lipinski definition) is 1. The number of pyridine rings is 1. The summed E-state index contributed by atoms with van der Waals surface area (Å²) in [5, 5.41) is 0. The van der Waals surface area contributed by atoms with E-state index in [-0.39, 0.29) is 5.56 Å². The summed E-state index contributed by atoms with van der Waals surface area (Å²) < 4.78 is 1.70. The Hall–Kier alpha value is -2.61. The van der Waals surface area contributed by atoms with Crippen LogP contribution in [0.25, 0.3) is 22.3 Å². The van der Waals surface area contributed by atoms with Crippen LogP contribution in [0.2, 0.25) is 0 Å². The molecule has 0 unspecified atom stereocenters. The van der Waals surface area contributed by atoms with Gasteiger partial charge in [0, 0.05) is 24.4 Å². The normalized spacial score (nSPS) is 10.6. The highest BCUT2D eigenvalue weighted by Gasteiger charge is 2.13. The van der Waals surface area contributed by atoms with Gasteiger partial charge in [0.25, 0.3) is 5.56 Å². The second-order valence-corrected chi connectivity index (χ2v) is 5.15. The van der Waals surface area contributed by atoms with Gasteiger partial charge in [-0.3, -0.25) is 4.79 Å². The Morgan fingerprint density at radius 1 is 0.810 bits per heavy atom. The van der Waals surface area contributed by atoms with E-state index in [2.05, 4.69) is 12.1 Å². The van der Waals surface area contributed by atoms with Crippen LogP contribution in [0.4, 0.5) is 0 Å². The topological polar surface area (TPSA) is 22.0 Å². The zero-order chi connectivity index (χ0) is 14.8. The van der Waals surface area contributed by atoms with Crippen molar-refractivity contribution in [2.45, 2.75) is 6.92 Å². The Morgan fingerprint density at radius 2 is 1.33 bits per heavy atom. The summed E-state index contributed by atoms with van der Waals surface area (Å²) in [6, 6.07) is 22.0. The van der Waals surface area contributed by atoms with Gasteiger partial charge in [0.1, 0.15) is 0 Å². The average Bonchev–Trinajstić information content (AvgIpc) is 2.54. The van der Waals surface area contributed by atoms with Crippen LogP contribution in [0.5, 0.6) is 0 Å². The lowest BCUT2D eigenvalue weighted by atomic mass is 9.94. The lowest BCUT2D eigenvalue weighted by molar-refractivity contribution is 0.822. The predicted molar refractivity (Wildman–Crippen MR) is 87.3 cm³/mol. The first-order valence-electron chi connectivity index (χ1n) is 7.00. The van der Waals surface area contributed by atoms with E-state index in [0.717, 1.165) is 27.9 Å². The third-order valence-corrected chi connectivity index (χ3v) is 3.88. The highest BCUT2D eigenvalue weighted by molar-refractivity contribution is 5.84. The molecule has 0 spiro atoms. The van der Waals surface area contributed by atoms with Gasteiger partial charge in [0.05, 0.1) is 0 Å². The molecule has 0 aliphatic heterocycles. The molecule has 0 N–H and O–H groups in total. The van der Waals surface area contributed by atoms with E-state index >= 15 is 0 Å². The number of benzene rings is 2. The molecule has 2 nitrogen and oxygen atoms in total. The molecule has 3 aromatic rings. The van der Waals surface area contributed by atoms with Crippen LogP contribution in [0, 0.1) is 6.92 Å². The molecule has 3 rings (SSSR count). The predicted octanol–water partition coefficient (Wildman–Crippen LogP) is 4.03. The minimum atomic E-state index is 0.0195. The molecular formula is C19H17NO. The lowest BCUT2D eigenvalue weighted by Crippen LogP contribution is -2.19. The molecule has 0 amide bonds. The maximum Gasteiger partial charge on any atom is 0.251 e. The summed E-state index contributed by atoms with van der Waals surface area (Å²) in [5.74, 6) is 0. The molecule has 21 heavy (non-hydrogen) atoms.